The van der Waals surface area contributed by atoms with Gasteiger partial charge in [-0.2, -0.15) is 0 Å². The standard InChI is InChI=1S/C40H48N2O/c1-4-13-34(14-5-1)30-42-26-12-18-35(31-42)17-10-15-33-16-11-23-39(29-33)43-38-24-27-41(28-25-38)32-40(36-19-6-2-7-20-36)37-21-8-3-9-22-37/h1-9,11,13-14,16,19-23,29,35,38,40H,10,12,15,17-18,24-28,30-32H2. The molecule has 3 nitrogen and oxygen atoms in total. The second kappa shape index (κ2) is 15.4. The van der Waals surface area contributed by atoms with Crippen molar-refractivity contribution in [2.75, 3.05) is 32.7 Å². The number of piperidine rings is 2. The van der Waals surface area contributed by atoms with Crippen molar-refractivity contribution in [2.24, 2.45) is 5.92 Å². The van der Waals surface area contributed by atoms with Crippen LogP contribution in [0.5, 0.6) is 5.75 Å². The molecule has 2 aliphatic rings. The first-order chi connectivity index (χ1) is 21.3. The van der Waals surface area contributed by atoms with Gasteiger partial charge in [-0.3, -0.25) is 4.90 Å². The van der Waals surface area contributed by atoms with E-state index in [4.69, 9.17) is 4.74 Å². The van der Waals surface area contributed by atoms with Gasteiger partial charge >= 0.3 is 0 Å². The van der Waals surface area contributed by atoms with Crippen LogP contribution in [0.3, 0.4) is 0 Å². The van der Waals surface area contributed by atoms with Crippen LogP contribution in [0.15, 0.2) is 115 Å². The van der Waals surface area contributed by atoms with Crippen molar-refractivity contribution >= 4 is 0 Å². The second-order valence-corrected chi connectivity index (χ2v) is 12.8. The van der Waals surface area contributed by atoms with Gasteiger partial charge in [-0.25, -0.2) is 0 Å². The molecular formula is C40H48N2O. The Morgan fingerprint density at radius 2 is 1.30 bits per heavy atom. The molecule has 1 atom stereocenters. The lowest BCUT2D eigenvalue weighted by atomic mass is 9.90. The Hall–Kier alpha value is -3.40. The highest BCUT2D eigenvalue weighted by atomic mass is 16.5. The third kappa shape index (κ3) is 8.81. The van der Waals surface area contributed by atoms with E-state index in [-0.39, 0.29) is 0 Å². The number of ether oxygens (including phenoxy) is 1. The second-order valence-electron chi connectivity index (χ2n) is 12.8. The molecule has 1 unspecified atom stereocenters. The van der Waals surface area contributed by atoms with Crippen LogP contribution in [0.2, 0.25) is 0 Å². The monoisotopic (exact) mass is 572 g/mol. The highest BCUT2D eigenvalue weighted by Crippen LogP contribution is 2.28. The van der Waals surface area contributed by atoms with Crippen LogP contribution in [-0.4, -0.2) is 48.6 Å². The van der Waals surface area contributed by atoms with Crippen molar-refractivity contribution < 1.29 is 4.74 Å². The predicted octanol–water partition coefficient (Wildman–Crippen LogP) is 8.60. The lowest BCUT2D eigenvalue weighted by Crippen LogP contribution is -2.40. The summed E-state index contributed by atoms with van der Waals surface area (Å²) in [6.07, 6.45) is 8.91. The van der Waals surface area contributed by atoms with Gasteiger partial charge in [0.2, 0.25) is 0 Å². The summed E-state index contributed by atoms with van der Waals surface area (Å²) < 4.78 is 6.55. The fourth-order valence-corrected chi connectivity index (χ4v) is 7.18. The molecule has 43 heavy (non-hydrogen) atoms. The first-order valence-electron chi connectivity index (χ1n) is 16.6. The van der Waals surface area contributed by atoms with Crippen LogP contribution in [-0.2, 0) is 13.0 Å². The van der Waals surface area contributed by atoms with Gasteiger partial charge < -0.3 is 9.64 Å². The van der Waals surface area contributed by atoms with E-state index < -0.39 is 0 Å². The molecule has 0 spiro atoms. The van der Waals surface area contributed by atoms with Gasteiger partial charge in [0.25, 0.3) is 0 Å². The number of hydrogen-bond donors (Lipinski definition) is 0. The predicted molar refractivity (Wildman–Crippen MR) is 179 cm³/mol. The van der Waals surface area contributed by atoms with E-state index in [0.29, 0.717) is 12.0 Å². The van der Waals surface area contributed by atoms with Gasteiger partial charge in [0.15, 0.2) is 0 Å². The maximum atomic E-state index is 6.55. The number of nitrogens with zero attached hydrogens (tertiary/aromatic N) is 2. The van der Waals surface area contributed by atoms with E-state index >= 15 is 0 Å². The van der Waals surface area contributed by atoms with Crippen molar-refractivity contribution in [1.29, 1.82) is 0 Å². The van der Waals surface area contributed by atoms with E-state index in [1.54, 1.807) is 0 Å². The van der Waals surface area contributed by atoms with Gasteiger partial charge in [0.05, 0.1) is 0 Å². The average molecular weight is 573 g/mol. The Morgan fingerprint density at radius 1 is 0.651 bits per heavy atom. The zero-order valence-corrected chi connectivity index (χ0v) is 25.7. The van der Waals surface area contributed by atoms with Crippen LogP contribution >= 0.6 is 0 Å². The van der Waals surface area contributed by atoms with Gasteiger partial charge in [-0.05, 0) is 91.8 Å². The summed E-state index contributed by atoms with van der Waals surface area (Å²) in [5.41, 5.74) is 5.66. The highest BCUT2D eigenvalue weighted by molar-refractivity contribution is 5.33. The van der Waals surface area contributed by atoms with E-state index in [1.807, 2.05) is 0 Å². The van der Waals surface area contributed by atoms with E-state index in [2.05, 4.69) is 125 Å². The molecule has 3 heteroatoms. The van der Waals surface area contributed by atoms with Crippen molar-refractivity contribution in [3.8, 4) is 5.75 Å². The molecule has 6 rings (SSSR count). The maximum Gasteiger partial charge on any atom is 0.119 e. The Balaban J connectivity index is 0.947. The van der Waals surface area contributed by atoms with E-state index in [9.17, 15) is 0 Å². The highest BCUT2D eigenvalue weighted by Gasteiger charge is 2.25. The zero-order valence-electron chi connectivity index (χ0n) is 25.7. The van der Waals surface area contributed by atoms with E-state index in [0.717, 1.165) is 57.1 Å². The molecule has 0 aromatic heterocycles. The molecular weight excluding hydrogens is 524 g/mol. The smallest absolute Gasteiger partial charge is 0.119 e. The van der Waals surface area contributed by atoms with Gasteiger partial charge in [-0.1, -0.05) is 103 Å². The normalized spacial score (nSPS) is 18.6. The van der Waals surface area contributed by atoms with Crippen molar-refractivity contribution in [3.63, 3.8) is 0 Å². The molecule has 2 saturated heterocycles. The Bertz CT molecular complexity index is 1310. The molecule has 0 N–H and O–H groups in total. The third-order valence-electron chi connectivity index (χ3n) is 9.51. The van der Waals surface area contributed by atoms with Crippen LogP contribution in [0.1, 0.15) is 66.7 Å². The lowest BCUT2D eigenvalue weighted by molar-refractivity contribution is 0.0987. The molecule has 0 amide bonds. The van der Waals surface area contributed by atoms with Crippen molar-refractivity contribution in [1.82, 2.24) is 9.80 Å². The van der Waals surface area contributed by atoms with Crippen LogP contribution in [0.25, 0.3) is 0 Å². The average Bonchev–Trinajstić information content (AvgIpc) is 3.06. The fourth-order valence-electron chi connectivity index (χ4n) is 7.18. The number of hydrogen-bond acceptors (Lipinski definition) is 3. The fraction of sp³-hybridized carbons (Fsp3) is 0.400. The first-order valence-corrected chi connectivity index (χ1v) is 16.6. The largest absolute Gasteiger partial charge is 0.490 e. The molecule has 0 saturated carbocycles. The third-order valence-corrected chi connectivity index (χ3v) is 9.51. The summed E-state index contributed by atoms with van der Waals surface area (Å²) in [4.78, 5) is 5.29. The molecule has 4 aromatic carbocycles. The molecule has 2 fully saturated rings. The van der Waals surface area contributed by atoms with Gasteiger partial charge in [0.1, 0.15) is 11.9 Å². The number of likely N-dealkylation sites (tertiary alicyclic amines) is 2. The molecule has 2 heterocycles. The minimum Gasteiger partial charge on any atom is -0.490 e. The molecule has 0 aliphatic carbocycles. The van der Waals surface area contributed by atoms with Crippen molar-refractivity contribution in [2.45, 2.75) is 63.5 Å². The summed E-state index contributed by atoms with van der Waals surface area (Å²) >= 11 is 0. The number of rotatable bonds is 12. The molecule has 0 bridgehead atoms. The Kier molecular flexibility index (Phi) is 10.6. The summed E-state index contributed by atoms with van der Waals surface area (Å²) in [6.45, 7) is 6.81. The summed E-state index contributed by atoms with van der Waals surface area (Å²) in [5.74, 6) is 2.27. The SMILES string of the molecule is c1ccc(CN2CCCC(CCCc3cccc(OC4CCN(CC(c5ccccc5)c5ccccc5)CC4)c3)C2)cc1. The van der Waals surface area contributed by atoms with Crippen LogP contribution in [0, 0.1) is 5.92 Å². The summed E-state index contributed by atoms with van der Waals surface area (Å²) in [7, 11) is 0. The van der Waals surface area contributed by atoms with Crippen molar-refractivity contribution in [3.05, 3.63) is 138 Å². The van der Waals surface area contributed by atoms with Gasteiger partial charge in [-0.15, -0.1) is 0 Å². The minimum atomic E-state index is 0.302. The van der Waals surface area contributed by atoms with Gasteiger partial charge in [0, 0.05) is 38.6 Å². The summed E-state index contributed by atoms with van der Waals surface area (Å²) in [6, 6.07) is 41.8. The maximum absolute atomic E-state index is 6.55. The minimum absolute atomic E-state index is 0.302. The number of benzene rings is 4. The van der Waals surface area contributed by atoms with E-state index in [1.165, 1.54) is 61.0 Å². The first kappa shape index (κ1) is 29.7. The zero-order chi connectivity index (χ0) is 29.1. The number of aryl methyl sites for hydroxylation is 1. The Labute approximate surface area is 259 Å². The topological polar surface area (TPSA) is 15.7 Å². The quantitative estimate of drug-likeness (QED) is 0.169. The Morgan fingerprint density at radius 3 is 2.00 bits per heavy atom. The lowest BCUT2D eigenvalue weighted by Gasteiger charge is -2.34. The molecule has 0 radical (unpaired) electrons. The molecule has 224 valence electrons. The molecule has 4 aromatic rings. The summed E-state index contributed by atoms with van der Waals surface area (Å²) in [5, 5.41) is 0. The molecule has 2 aliphatic heterocycles. The van der Waals surface area contributed by atoms with Crippen LogP contribution in [0.4, 0.5) is 0 Å². The van der Waals surface area contributed by atoms with Crippen LogP contribution < -0.4 is 4.74 Å².